The summed E-state index contributed by atoms with van der Waals surface area (Å²) in [6, 6.07) is 72.7. The Balaban J connectivity index is 0.000000144. The number of nitrogens with one attached hydrogen (secondary N) is 9. The van der Waals surface area contributed by atoms with Crippen molar-refractivity contribution in [2.75, 3.05) is 52.7 Å². The fraction of sp³-hybridized carbons (Fsp3) is 0.225. The molecule has 0 radical (unpaired) electrons. The second-order valence-corrected chi connectivity index (χ2v) is 40.4. The summed E-state index contributed by atoms with van der Waals surface area (Å²) in [5.41, 5.74) is 39.0. The van der Waals surface area contributed by atoms with Gasteiger partial charge in [-0.25, -0.2) is 21.8 Å². The van der Waals surface area contributed by atoms with Crippen LogP contribution in [0.25, 0.3) is 17.1 Å². The second-order valence-electron chi connectivity index (χ2n) is 34.9. The van der Waals surface area contributed by atoms with Crippen LogP contribution in [0.3, 0.4) is 0 Å². The molecule has 0 saturated heterocycles. The Bertz CT molecular complexity index is 6870. The van der Waals surface area contributed by atoms with Crippen LogP contribution < -0.4 is 54.4 Å². The van der Waals surface area contributed by atoms with Crippen LogP contribution in [0.1, 0.15) is 144 Å². The summed E-state index contributed by atoms with van der Waals surface area (Å²) in [5.74, 6) is 10.1. The minimum absolute atomic E-state index is 0. The Morgan fingerprint density at radius 1 is 0.377 bits per heavy atom. The predicted octanol–water partition coefficient (Wildman–Crippen LogP) is 23.4. The molecule has 2 amide bonds. The van der Waals surface area contributed by atoms with Crippen LogP contribution in [0.15, 0.2) is 271 Å². The van der Waals surface area contributed by atoms with Gasteiger partial charge in [0.15, 0.2) is 0 Å². The molecule has 716 valence electrons. The largest absolute Gasteiger partial charge is 0.485 e. The number of ketones is 1. The second kappa shape index (κ2) is 46.5. The summed E-state index contributed by atoms with van der Waals surface area (Å²) in [7, 11) is -7.68. The first-order valence-corrected chi connectivity index (χ1v) is 49.7. The maximum absolute atomic E-state index is 11.5. The predicted molar refractivity (Wildman–Crippen MR) is 571 cm³/mol. The van der Waals surface area contributed by atoms with Gasteiger partial charge in [-0.2, -0.15) is 10.2 Å². The summed E-state index contributed by atoms with van der Waals surface area (Å²) < 4.78 is 71.5. The van der Waals surface area contributed by atoms with Gasteiger partial charge in [0.1, 0.15) is 39.5 Å². The molecule has 1 aliphatic carbocycles. The van der Waals surface area contributed by atoms with Crippen molar-refractivity contribution in [3.63, 3.8) is 0 Å². The number of nitrogens with zero attached hydrogens (tertiary/aromatic N) is 4. The van der Waals surface area contributed by atoms with Gasteiger partial charge < -0.3 is 45.2 Å². The molecule has 10 aliphatic heterocycles. The number of Topliss-reactive ketones (excluding diaryl/α,β-unsaturated/α-hetero) is 1. The molecule has 13 aromatic rings. The zero-order chi connectivity index (χ0) is 97.1. The number of allylic oxidation sites excluding steroid dienone is 1. The number of hydrogen-bond donors (Lipinski definition) is 9. The highest BCUT2D eigenvalue weighted by Crippen LogP contribution is 2.36. The van der Waals surface area contributed by atoms with Gasteiger partial charge in [0.2, 0.25) is 17.8 Å². The Hall–Kier alpha value is -14.9. The molecule has 0 fully saturated rings. The fourth-order valence-corrected chi connectivity index (χ4v) is 18.8. The van der Waals surface area contributed by atoms with Crippen molar-refractivity contribution < 1.29 is 50.2 Å². The number of ether oxygens (including phenoxy) is 3. The number of aromatic nitrogens is 2. The number of carbonyl (C=O) groups excluding carboxylic acids is 4. The lowest BCUT2D eigenvalue weighted by Gasteiger charge is -2.20. The van der Waals surface area contributed by atoms with Gasteiger partial charge in [0, 0.05) is 74.8 Å². The van der Waals surface area contributed by atoms with E-state index in [1.165, 1.54) is 94.6 Å². The van der Waals surface area contributed by atoms with Crippen molar-refractivity contribution in [1.82, 2.24) is 9.97 Å². The van der Waals surface area contributed by atoms with E-state index >= 15 is 0 Å². The number of aliphatic imine (C=N–C) groups is 1. The third-order valence-electron chi connectivity index (χ3n) is 22.2. The van der Waals surface area contributed by atoms with Gasteiger partial charge in [-0.1, -0.05) is 195 Å². The molecule has 2 atom stereocenters. The summed E-state index contributed by atoms with van der Waals surface area (Å²) in [5, 5.41) is 19.9. The van der Waals surface area contributed by atoms with Crippen molar-refractivity contribution in [2.24, 2.45) is 15.2 Å². The average molecular weight is 1910 g/mol. The number of hydrogen-bond acceptors (Lipinski definition) is 17. The fourth-order valence-electron chi connectivity index (χ4n) is 15.5. The van der Waals surface area contributed by atoms with Crippen LogP contribution >= 0.6 is 0 Å². The first kappa shape index (κ1) is 104. The van der Waals surface area contributed by atoms with E-state index in [-0.39, 0.29) is 38.6 Å². The minimum Gasteiger partial charge on any atom is -0.485 e. The number of fused-ring (bicyclic) bond motifs is 12. The van der Waals surface area contributed by atoms with Gasteiger partial charge in [-0.3, -0.25) is 38.3 Å². The van der Waals surface area contributed by atoms with Gasteiger partial charge in [0.25, 0.3) is 10.0 Å². The molecular weight excluding hydrogens is 1790 g/mol. The Morgan fingerprint density at radius 3 is 1.59 bits per heavy atom. The standard InChI is InChI=1S/C11H11N.2C10H11NO.C10H10O.C9H11NOS.C9H9NO.C9H9N.C9H8O2.C8H10N2OS.2C8H8N2.C8H9NO3S.2CH4/c1-8-3-5-10-6-4-9(2)12-11(10)7-8;1-7-3-4-10-9(5-7)11-8(2)6-12-10;1-7-2-3-8-4-5-10(12)11-9(8)6-7;1-7-2-3-8-5-10(11)6-9(8)4-7;1-7-3-4-8-6-12(2,11)10-9(8)5-7;1-6-2-3-8-7(4-6)5-9(11)10-8;1-7-2-3-8-5-10-6-9(8)4-7;1-6-2-3-8-7(4-6)5-9(10)11-8;1-6-3-4-7-8(5-6)10-12(2,11)9-7;1-6-2-3-8-7(4-6)5-9-10-8;1-6-2-3-7-8(4-6)10-5-9-7;1-6-2-3-8-7(4-6)9-13(10,11)5-12-8;;/h3-7,12H,2H2,1H3;3-5,11H,2,6H2,1H3;2-3,6H,4-5H2,1H3,(H,11,12);2-4H,5-6H2,1H3;3-5H,2,6H2,1H3,(H,10,11);2-4H,5H2,1H3,(H,10,11);2-5H,6H2,1H3;2-4H,5H2,1H3;3-5H,2H2,1H3,(H2,9,10,11);2-4H,5H2,1H3;2-5H,1H3,(H,9,10);2-4,9H,5H2,1H3;2*1H4. The molecular formula is C111H123N13O11S3. The number of imidazole rings is 1. The van der Waals surface area contributed by atoms with E-state index in [1.807, 2.05) is 163 Å². The molecule has 24 rings (SSSR count). The van der Waals surface area contributed by atoms with Crippen molar-refractivity contribution in [3.05, 3.63) is 378 Å². The van der Waals surface area contributed by atoms with Crippen LogP contribution in [0, 0.1) is 83.1 Å². The van der Waals surface area contributed by atoms with E-state index in [0.717, 1.165) is 127 Å². The highest BCUT2D eigenvalue weighted by atomic mass is 32.2. The maximum atomic E-state index is 11.5. The normalized spacial score (nSPS) is 16.3. The summed E-state index contributed by atoms with van der Waals surface area (Å²) in [4.78, 5) is 55.0. The van der Waals surface area contributed by atoms with E-state index in [9.17, 15) is 36.0 Å². The van der Waals surface area contributed by atoms with Crippen LogP contribution in [-0.2, 0) is 99.7 Å². The van der Waals surface area contributed by atoms with Gasteiger partial charge in [0.05, 0.1) is 83.2 Å². The molecule has 2 unspecified atom stereocenters. The highest BCUT2D eigenvalue weighted by Gasteiger charge is 2.25. The van der Waals surface area contributed by atoms with Crippen LogP contribution in [0.2, 0.25) is 0 Å². The highest BCUT2D eigenvalue weighted by molar-refractivity contribution is 8.03. The molecule has 0 saturated carbocycles. The number of sulfonamides is 1. The number of azo groups is 1. The number of H-pyrrole nitrogens is 1. The van der Waals surface area contributed by atoms with Gasteiger partial charge in [-0.15, -0.1) is 0 Å². The zero-order valence-corrected chi connectivity index (χ0v) is 81.2. The molecule has 11 aliphatic rings. The molecule has 27 heteroatoms. The topological polar surface area (TPSA) is 326 Å². The van der Waals surface area contributed by atoms with Crippen LogP contribution in [0.4, 0.5) is 51.2 Å². The Kier molecular flexibility index (Phi) is 34.9. The number of aromatic amines is 1. The zero-order valence-electron chi connectivity index (χ0n) is 78.7. The third kappa shape index (κ3) is 30.0. The SMILES string of the molecule is C.C.C=C1C=Cc2ccc(C)cc2N1.C=C1COc2ccc(C)cc2N1.C=S1(=O)Cc2ccc(C)cc2N1.C=S1(=O)Nc2ccc(C)cc2N1.Cc1ccc2c(c1)CC(=O)C2.Cc1ccc2c(c1)CC(=O)N2.Cc1ccc2c(c1)CC(=O)O2.Cc1ccc2c(c1)CN=C2.Cc1ccc2c(c1)CN=N2.Cc1ccc2c(c1)NC(=O)CC2.Cc1ccc2c(c1)NS(=O)(=O)CO2.Cc1ccc2nc[nH]c2c1. The number of aryl methyl sites for hydroxylation is 13. The Morgan fingerprint density at radius 2 is 0.891 bits per heavy atom. The number of rotatable bonds is 0. The van der Waals surface area contributed by atoms with E-state index in [2.05, 4.69) is 235 Å². The lowest BCUT2D eigenvalue weighted by molar-refractivity contribution is -0.132. The quantitative estimate of drug-likeness (QED) is 0.0387. The van der Waals surface area contributed by atoms with Gasteiger partial charge >= 0.3 is 5.97 Å². The summed E-state index contributed by atoms with van der Waals surface area (Å²) in [6.45, 7) is 34.3. The molecule has 11 heterocycles. The van der Waals surface area contributed by atoms with Crippen LogP contribution in [-0.4, -0.2) is 80.9 Å². The number of esters is 1. The minimum atomic E-state index is -3.29. The maximum Gasteiger partial charge on any atom is 0.315 e. The first-order valence-electron chi connectivity index (χ1n) is 44.4. The monoisotopic (exact) mass is 1910 g/mol. The number of amides is 2. The van der Waals surface area contributed by atoms with Crippen molar-refractivity contribution in [3.8, 4) is 17.2 Å². The molecule has 24 nitrogen and oxygen atoms in total. The van der Waals surface area contributed by atoms with E-state index in [0.29, 0.717) is 61.7 Å². The number of carbonyl (C=O) groups is 4. The Labute approximate surface area is 812 Å². The van der Waals surface area contributed by atoms with Crippen LogP contribution in [0.5, 0.6) is 17.2 Å². The number of benzene rings is 12. The lowest BCUT2D eigenvalue weighted by atomic mass is 10.0. The van der Waals surface area contributed by atoms with Crippen molar-refractivity contribution >= 4 is 139 Å². The molecule has 0 bridgehead atoms. The summed E-state index contributed by atoms with van der Waals surface area (Å²) in [6.07, 6.45) is 11.5. The van der Waals surface area contributed by atoms with E-state index in [1.54, 1.807) is 18.5 Å². The third-order valence-corrected chi connectivity index (χ3v) is 25.7. The summed E-state index contributed by atoms with van der Waals surface area (Å²) >= 11 is 0. The van der Waals surface area contributed by atoms with E-state index < -0.39 is 29.6 Å². The van der Waals surface area contributed by atoms with Crippen molar-refractivity contribution in [1.29, 1.82) is 0 Å². The molecule has 12 aromatic carbocycles. The number of anilines is 8. The molecule has 1 aromatic heterocycles. The smallest absolute Gasteiger partial charge is 0.315 e. The lowest BCUT2D eigenvalue weighted by Crippen LogP contribution is -2.25. The molecule has 0 spiro atoms. The van der Waals surface area contributed by atoms with Crippen molar-refractivity contribution in [2.45, 2.75) is 155 Å². The van der Waals surface area contributed by atoms with Gasteiger partial charge in [-0.05, 0) is 276 Å². The molecule has 138 heavy (non-hydrogen) atoms. The average Bonchev–Trinajstić information content (AvgIpc) is 1.75. The first-order chi connectivity index (χ1) is 64.8. The molecule has 9 N–H and O–H groups in total. The van der Waals surface area contributed by atoms with E-state index in [4.69, 9.17) is 14.2 Å².